The third-order valence-electron chi connectivity index (χ3n) is 3.45. The van der Waals surface area contributed by atoms with Crippen LogP contribution in [0.5, 0.6) is 11.5 Å². The lowest BCUT2D eigenvalue weighted by Gasteiger charge is -2.26. The smallest absolute Gasteiger partial charge is 0.163 e. The van der Waals surface area contributed by atoms with Crippen LogP contribution in [0.25, 0.3) is 0 Å². The molecule has 2 aliphatic rings. The van der Waals surface area contributed by atoms with Gasteiger partial charge in [-0.3, -0.25) is 0 Å². The number of rotatable bonds is 2. The summed E-state index contributed by atoms with van der Waals surface area (Å²) in [6.45, 7) is 1.08. The number of hydrogen-bond donors (Lipinski definition) is 1. The van der Waals surface area contributed by atoms with Gasteiger partial charge in [-0.2, -0.15) is 0 Å². The summed E-state index contributed by atoms with van der Waals surface area (Å²) in [6, 6.07) is 3.67. The lowest BCUT2D eigenvalue weighted by molar-refractivity contribution is 0.171. The molecule has 20 heavy (non-hydrogen) atoms. The van der Waals surface area contributed by atoms with E-state index in [0.29, 0.717) is 36.9 Å². The van der Waals surface area contributed by atoms with Crippen molar-refractivity contribution in [3.8, 4) is 11.5 Å². The zero-order valence-electron chi connectivity index (χ0n) is 10.9. The maximum absolute atomic E-state index is 11.7. The molecule has 1 fully saturated rings. The van der Waals surface area contributed by atoms with Crippen LogP contribution in [0.15, 0.2) is 16.6 Å². The maximum Gasteiger partial charge on any atom is 0.163 e. The molecule has 0 spiro atoms. The summed E-state index contributed by atoms with van der Waals surface area (Å²) in [4.78, 5) is 0. The summed E-state index contributed by atoms with van der Waals surface area (Å²) >= 11 is 3.48. The van der Waals surface area contributed by atoms with Crippen LogP contribution in [-0.2, 0) is 9.84 Å². The van der Waals surface area contributed by atoms with Crippen LogP contribution in [0, 0.1) is 0 Å². The highest BCUT2D eigenvalue weighted by Crippen LogP contribution is 2.38. The van der Waals surface area contributed by atoms with Crippen molar-refractivity contribution in [3.05, 3.63) is 16.6 Å². The van der Waals surface area contributed by atoms with E-state index in [-0.39, 0.29) is 11.8 Å². The third kappa shape index (κ3) is 3.03. The molecule has 0 saturated carbocycles. The standard InChI is InChI=1S/C13H16BrNO4S/c14-10-6-12-13(19-4-3-18-12)7-11(10)15-9-2-1-5-20(16,17)8-9/h6-7,9,15H,1-5,8H2. The van der Waals surface area contributed by atoms with Gasteiger partial charge in [-0.05, 0) is 28.8 Å². The molecule has 1 unspecified atom stereocenters. The van der Waals surface area contributed by atoms with E-state index in [4.69, 9.17) is 9.47 Å². The summed E-state index contributed by atoms with van der Waals surface area (Å²) in [5.41, 5.74) is 0.844. The van der Waals surface area contributed by atoms with Crippen molar-refractivity contribution >= 4 is 31.5 Å². The minimum Gasteiger partial charge on any atom is -0.486 e. The first-order valence-corrected chi connectivity index (χ1v) is 9.21. The second kappa shape index (κ2) is 5.44. The Morgan fingerprint density at radius 3 is 2.60 bits per heavy atom. The second-order valence-electron chi connectivity index (χ2n) is 5.07. The summed E-state index contributed by atoms with van der Waals surface area (Å²) < 4.78 is 35.2. The van der Waals surface area contributed by atoms with Gasteiger partial charge in [0.1, 0.15) is 13.2 Å². The number of benzene rings is 1. The predicted molar refractivity (Wildman–Crippen MR) is 80.4 cm³/mol. The van der Waals surface area contributed by atoms with Crippen LogP contribution in [0.4, 0.5) is 5.69 Å². The average molecular weight is 362 g/mol. The third-order valence-corrected chi connectivity index (χ3v) is 5.93. The minimum atomic E-state index is -2.92. The van der Waals surface area contributed by atoms with E-state index in [9.17, 15) is 8.42 Å². The number of hydrogen-bond acceptors (Lipinski definition) is 5. The molecule has 110 valence electrons. The summed E-state index contributed by atoms with van der Waals surface area (Å²) in [5.74, 6) is 1.90. The van der Waals surface area contributed by atoms with E-state index in [1.165, 1.54) is 0 Å². The summed E-state index contributed by atoms with van der Waals surface area (Å²) in [6.07, 6.45) is 1.57. The van der Waals surface area contributed by atoms with Crippen molar-refractivity contribution in [1.82, 2.24) is 0 Å². The largest absolute Gasteiger partial charge is 0.486 e. The fourth-order valence-corrected chi connectivity index (χ4v) is 4.60. The van der Waals surface area contributed by atoms with Gasteiger partial charge in [0.05, 0.1) is 17.2 Å². The van der Waals surface area contributed by atoms with Gasteiger partial charge < -0.3 is 14.8 Å². The van der Waals surface area contributed by atoms with Gasteiger partial charge in [-0.1, -0.05) is 0 Å². The average Bonchev–Trinajstić information content (AvgIpc) is 2.38. The van der Waals surface area contributed by atoms with Gasteiger partial charge in [0.15, 0.2) is 21.3 Å². The van der Waals surface area contributed by atoms with Crippen molar-refractivity contribution < 1.29 is 17.9 Å². The Morgan fingerprint density at radius 1 is 1.20 bits per heavy atom. The number of anilines is 1. The first kappa shape index (κ1) is 14.0. The first-order chi connectivity index (χ1) is 9.53. The molecule has 0 bridgehead atoms. The van der Waals surface area contributed by atoms with Crippen LogP contribution in [0.3, 0.4) is 0 Å². The fourth-order valence-electron chi connectivity index (χ4n) is 2.53. The highest BCUT2D eigenvalue weighted by atomic mass is 79.9. The Bertz CT molecular complexity index is 617. The van der Waals surface area contributed by atoms with Gasteiger partial charge in [-0.25, -0.2) is 8.42 Å². The zero-order valence-corrected chi connectivity index (χ0v) is 13.3. The van der Waals surface area contributed by atoms with E-state index in [1.807, 2.05) is 12.1 Å². The van der Waals surface area contributed by atoms with E-state index in [0.717, 1.165) is 16.6 Å². The molecule has 2 heterocycles. The number of sulfone groups is 1. The van der Waals surface area contributed by atoms with Gasteiger partial charge in [0.2, 0.25) is 0 Å². The first-order valence-electron chi connectivity index (χ1n) is 6.60. The molecular formula is C13H16BrNO4S. The van der Waals surface area contributed by atoms with E-state index in [1.54, 1.807) is 0 Å². The van der Waals surface area contributed by atoms with Gasteiger partial charge in [0.25, 0.3) is 0 Å². The van der Waals surface area contributed by atoms with Gasteiger partial charge >= 0.3 is 0 Å². The normalized spacial score (nSPS) is 24.1. The molecule has 0 aliphatic carbocycles. The molecule has 1 atom stereocenters. The lowest BCUT2D eigenvalue weighted by Crippen LogP contribution is -2.34. The number of nitrogens with one attached hydrogen (secondary N) is 1. The molecular weight excluding hydrogens is 346 g/mol. The highest BCUT2D eigenvalue weighted by molar-refractivity contribution is 9.10. The summed E-state index contributed by atoms with van der Waals surface area (Å²) in [7, 11) is -2.92. The van der Waals surface area contributed by atoms with Crippen molar-refractivity contribution in [1.29, 1.82) is 0 Å². The molecule has 0 amide bonds. The lowest BCUT2D eigenvalue weighted by atomic mass is 10.1. The van der Waals surface area contributed by atoms with Crippen LogP contribution < -0.4 is 14.8 Å². The Balaban J connectivity index is 1.80. The monoisotopic (exact) mass is 361 g/mol. The Hall–Kier alpha value is -0.950. The molecule has 1 N–H and O–H groups in total. The molecule has 3 rings (SSSR count). The van der Waals surface area contributed by atoms with Crippen LogP contribution in [0.1, 0.15) is 12.8 Å². The SMILES string of the molecule is O=S1(=O)CCCC(Nc2cc3c(cc2Br)OCCO3)C1. The molecule has 5 nitrogen and oxygen atoms in total. The summed E-state index contributed by atoms with van der Waals surface area (Å²) in [5, 5.41) is 3.29. The zero-order chi connectivity index (χ0) is 14.2. The molecule has 2 aliphatic heterocycles. The Morgan fingerprint density at radius 2 is 1.90 bits per heavy atom. The van der Waals surface area contributed by atoms with Gasteiger partial charge in [-0.15, -0.1) is 0 Å². The topological polar surface area (TPSA) is 64.6 Å². The van der Waals surface area contributed by atoms with E-state index >= 15 is 0 Å². The fraction of sp³-hybridized carbons (Fsp3) is 0.538. The quantitative estimate of drug-likeness (QED) is 0.874. The van der Waals surface area contributed by atoms with E-state index in [2.05, 4.69) is 21.2 Å². The van der Waals surface area contributed by atoms with Crippen LogP contribution in [0.2, 0.25) is 0 Å². The molecule has 0 aromatic heterocycles. The van der Waals surface area contributed by atoms with Crippen molar-refractivity contribution in [3.63, 3.8) is 0 Å². The number of ether oxygens (including phenoxy) is 2. The second-order valence-corrected chi connectivity index (χ2v) is 8.16. The van der Waals surface area contributed by atoms with Crippen LogP contribution in [-0.4, -0.2) is 39.2 Å². The molecule has 0 radical (unpaired) electrons. The van der Waals surface area contributed by atoms with Crippen molar-refractivity contribution in [2.24, 2.45) is 0 Å². The number of halogens is 1. The molecule has 7 heteroatoms. The minimum absolute atomic E-state index is 0.0485. The van der Waals surface area contributed by atoms with Crippen molar-refractivity contribution in [2.75, 3.05) is 30.0 Å². The van der Waals surface area contributed by atoms with Crippen molar-refractivity contribution in [2.45, 2.75) is 18.9 Å². The molecule has 1 saturated heterocycles. The Kier molecular flexibility index (Phi) is 3.81. The maximum atomic E-state index is 11.7. The highest BCUT2D eigenvalue weighted by Gasteiger charge is 2.25. The predicted octanol–water partition coefficient (Wildman–Crippen LogP) is 2.21. The van der Waals surface area contributed by atoms with E-state index < -0.39 is 9.84 Å². The number of fused-ring (bicyclic) bond motifs is 1. The molecule has 1 aromatic carbocycles. The van der Waals surface area contributed by atoms with Crippen LogP contribution >= 0.6 is 15.9 Å². The Labute approximate surface area is 126 Å². The van der Waals surface area contributed by atoms with Gasteiger partial charge in [0, 0.05) is 22.6 Å². The molecule has 1 aromatic rings.